The van der Waals surface area contributed by atoms with Gasteiger partial charge >= 0.3 is 0 Å². The monoisotopic (exact) mass is 785 g/mol. The van der Waals surface area contributed by atoms with Crippen molar-refractivity contribution in [1.82, 2.24) is 15.0 Å². The second kappa shape index (κ2) is 13.2. The predicted molar refractivity (Wildman–Crippen MR) is 176 cm³/mol. The maximum absolute atomic E-state index is 12.1. The van der Waals surface area contributed by atoms with Crippen LogP contribution in [0.5, 0.6) is 0 Å². The van der Waals surface area contributed by atoms with Crippen molar-refractivity contribution >= 4 is 97.5 Å². The molecule has 0 radical (unpaired) electrons. The molecule has 50 heavy (non-hydrogen) atoms. The molecular formula is C26H20ClN7O12S4. The van der Waals surface area contributed by atoms with Gasteiger partial charge < -0.3 is 10.6 Å². The summed E-state index contributed by atoms with van der Waals surface area (Å²) in [6.07, 6.45) is 0. The highest BCUT2D eigenvalue weighted by Gasteiger charge is 2.23. The summed E-state index contributed by atoms with van der Waals surface area (Å²) < 4.78 is 133. The van der Waals surface area contributed by atoms with Crippen LogP contribution in [0.25, 0.3) is 10.8 Å². The number of aryl methyl sites for hydroxylation is 1. The van der Waals surface area contributed by atoms with Crippen LogP contribution in [0.15, 0.2) is 96.5 Å². The standard InChI is InChI=1S/C26H20ClN7O12S4/c1-13-9-14(28-25-30-24(27)31-26(32-25)29-20-12-16(47(35,36)37)6-8-22(20)49(41,42)43)5-7-19(13)34-33-15-10-18-17(23(11-15)50(44,45)46)3-2-4-21(18)48(38,39)40/h2-12H,1H3,(H,35,36,37)(H,38,39,40)(H,41,42,43)(H,44,45,46)(H2,28,29,30,31,32). The van der Waals surface area contributed by atoms with Gasteiger partial charge in [-0.3, -0.25) is 18.2 Å². The molecule has 0 unspecified atom stereocenters. The van der Waals surface area contributed by atoms with Crippen LogP contribution in [0.1, 0.15) is 5.56 Å². The van der Waals surface area contributed by atoms with Crippen molar-refractivity contribution in [3.63, 3.8) is 0 Å². The van der Waals surface area contributed by atoms with Crippen molar-refractivity contribution in [1.29, 1.82) is 0 Å². The Hall–Kier alpha value is -4.72. The highest BCUT2D eigenvalue weighted by molar-refractivity contribution is 7.87. The average molecular weight is 786 g/mol. The molecule has 0 fully saturated rings. The molecule has 24 heteroatoms. The highest BCUT2D eigenvalue weighted by Crippen LogP contribution is 2.35. The second-order valence-corrected chi connectivity index (χ2v) is 16.0. The second-order valence-electron chi connectivity index (χ2n) is 10.1. The molecule has 0 aliphatic heterocycles. The first-order valence-electron chi connectivity index (χ1n) is 13.2. The van der Waals surface area contributed by atoms with Crippen molar-refractivity contribution in [2.45, 2.75) is 26.5 Å². The van der Waals surface area contributed by atoms with E-state index in [0.717, 1.165) is 36.4 Å². The van der Waals surface area contributed by atoms with E-state index in [9.17, 15) is 51.9 Å². The number of rotatable bonds is 10. The van der Waals surface area contributed by atoms with E-state index in [1.54, 1.807) is 13.0 Å². The zero-order valence-corrected chi connectivity index (χ0v) is 28.7. The normalized spacial score (nSPS) is 12.8. The van der Waals surface area contributed by atoms with Gasteiger partial charge in [0.15, 0.2) is 0 Å². The molecule has 1 aromatic heterocycles. The van der Waals surface area contributed by atoms with Crippen LogP contribution in [0.4, 0.5) is 34.6 Å². The SMILES string of the molecule is Cc1cc(Nc2nc(Cl)nc(Nc3cc(S(=O)(=O)O)ccc3S(=O)(=O)O)n2)ccc1N=Nc1cc(S(=O)(=O)O)c2cccc(S(=O)(=O)O)c2c1. The molecule has 1 heterocycles. The maximum Gasteiger partial charge on any atom is 0.296 e. The molecule has 6 N–H and O–H groups in total. The molecule has 0 atom stereocenters. The van der Waals surface area contributed by atoms with E-state index >= 15 is 0 Å². The van der Waals surface area contributed by atoms with Gasteiger partial charge in [-0.2, -0.15) is 58.9 Å². The van der Waals surface area contributed by atoms with Gasteiger partial charge in [-0.05, 0) is 78.7 Å². The van der Waals surface area contributed by atoms with Crippen LogP contribution in [0.3, 0.4) is 0 Å². The Balaban J connectivity index is 1.44. The van der Waals surface area contributed by atoms with Crippen molar-refractivity contribution < 1.29 is 51.9 Å². The van der Waals surface area contributed by atoms with Crippen LogP contribution < -0.4 is 10.6 Å². The number of hydrogen-bond acceptors (Lipinski definition) is 15. The Morgan fingerprint density at radius 1 is 0.620 bits per heavy atom. The minimum Gasteiger partial charge on any atom is -0.324 e. The predicted octanol–water partition coefficient (Wildman–Crippen LogP) is 4.88. The summed E-state index contributed by atoms with van der Waals surface area (Å²) in [6, 6.07) is 12.3. The van der Waals surface area contributed by atoms with Crippen molar-refractivity contribution in [2.24, 2.45) is 10.2 Å². The Morgan fingerprint density at radius 3 is 1.86 bits per heavy atom. The van der Waals surface area contributed by atoms with E-state index in [4.69, 9.17) is 11.6 Å². The van der Waals surface area contributed by atoms with Gasteiger partial charge in [0, 0.05) is 16.5 Å². The number of nitrogens with zero attached hydrogens (tertiary/aromatic N) is 5. The lowest BCUT2D eigenvalue weighted by atomic mass is 10.1. The molecule has 4 aromatic carbocycles. The number of anilines is 4. The molecule has 0 bridgehead atoms. The average Bonchev–Trinajstić information content (AvgIpc) is 2.97. The Kier molecular flexibility index (Phi) is 9.65. The number of hydrogen-bond donors (Lipinski definition) is 6. The number of halogens is 1. The lowest BCUT2D eigenvalue weighted by Gasteiger charge is -2.12. The molecule has 0 saturated heterocycles. The summed E-state index contributed by atoms with van der Waals surface area (Å²) in [5.74, 6) is -0.590. The molecule has 262 valence electrons. The Morgan fingerprint density at radius 2 is 1.26 bits per heavy atom. The van der Waals surface area contributed by atoms with E-state index < -0.39 is 77.0 Å². The van der Waals surface area contributed by atoms with Gasteiger partial charge in [0.05, 0.1) is 22.0 Å². The lowest BCUT2D eigenvalue weighted by molar-refractivity contribution is 0.479. The largest absolute Gasteiger partial charge is 0.324 e. The molecule has 19 nitrogen and oxygen atoms in total. The highest BCUT2D eigenvalue weighted by atomic mass is 35.5. The fourth-order valence-electron chi connectivity index (χ4n) is 4.47. The van der Waals surface area contributed by atoms with Crippen molar-refractivity contribution in [3.05, 3.63) is 77.6 Å². The van der Waals surface area contributed by atoms with Crippen molar-refractivity contribution in [3.8, 4) is 0 Å². The lowest BCUT2D eigenvalue weighted by Crippen LogP contribution is -2.09. The third-order valence-corrected chi connectivity index (χ3v) is 10.3. The first-order valence-corrected chi connectivity index (χ1v) is 19.3. The minimum absolute atomic E-state index is 0.179. The summed E-state index contributed by atoms with van der Waals surface area (Å²) in [7, 11) is -19.3. The first kappa shape index (κ1) is 36.6. The molecule has 0 aliphatic carbocycles. The first-order chi connectivity index (χ1) is 23.1. The van der Waals surface area contributed by atoms with E-state index in [-0.39, 0.29) is 28.1 Å². The number of fused-ring (bicyclic) bond motifs is 1. The topological polar surface area (TPSA) is 305 Å². The zero-order valence-electron chi connectivity index (χ0n) is 24.7. The summed E-state index contributed by atoms with van der Waals surface area (Å²) in [5, 5.41) is 12.5. The molecule has 5 aromatic rings. The summed E-state index contributed by atoms with van der Waals surface area (Å²) >= 11 is 6.01. The summed E-state index contributed by atoms with van der Waals surface area (Å²) in [6.45, 7) is 1.62. The smallest absolute Gasteiger partial charge is 0.296 e. The molecular weight excluding hydrogens is 766 g/mol. The fraction of sp³-hybridized carbons (Fsp3) is 0.0385. The number of benzene rings is 4. The van der Waals surface area contributed by atoms with Gasteiger partial charge in [-0.15, -0.1) is 0 Å². The minimum atomic E-state index is -4.89. The molecule has 0 aliphatic rings. The van der Waals surface area contributed by atoms with E-state index in [0.29, 0.717) is 11.3 Å². The molecule has 0 amide bonds. The van der Waals surface area contributed by atoms with Crippen LogP contribution in [-0.2, 0) is 40.5 Å². The van der Waals surface area contributed by atoms with Gasteiger partial charge in [-0.25, -0.2) is 0 Å². The molecule has 5 rings (SSSR count). The number of aromatic nitrogens is 3. The number of azo groups is 1. The van der Waals surface area contributed by atoms with Gasteiger partial charge in [-0.1, -0.05) is 12.1 Å². The third kappa shape index (κ3) is 8.35. The van der Waals surface area contributed by atoms with E-state index in [1.807, 2.05) is 0 Å². The molecule has 0 saturated carbocycles. The van der Waals surface area contributed by atoms with Gasteiger partial charge in [0.1, 0.15) is 14.7 Å². The van der Waals surface area contributed by atoms with Crippen LogP contribution >= 0.6 is 11.6 Å². The maximum atomic E-state index is 12.1. The van der Waals surface area contributed by atoms with Gasteiger partial charge in [0.2, 0.25) is 17.2 Å². The van der Waals surface area contributed by atoms with E-state index in [1.165, 1.54) is 24.3 Å². The quantitative estimate of drug-likeness (QED) is 0.0812. The zero-order chi connectivity index (χ0) is 36.8. The van der Waals surface area contributed by atoms with E-state index in [2.05, 4.69) is 35.8 Å². The van der Waals surface area contributed by atoms with Crippen LogP contribution in [0, 0.1) is 6.92 Å². The van der Waals surface area contributed by atoms with Crippen molar-refractivity contribution in [2.75, 3.05) is 10.6 Å². The Bertz CT molecular complexity index is 2690. The number of nitrogens with one attached hydrogen (secondary N) is 2. The molecule has 0 spiro atoms. The Labute approximate surface area is 288 Å². The van der Waals surface area contributed by atoms with Gasteiger partial charge in [0.25, 0.3) is 40.5 Å². The fourth-order valence-corrected chi connectivity index (χ4v) is 7.18. The summed E-state index contributed by atoms with van der Waals surface area (Å²) in [5.41, 5.74) is 0.373. The third-order valence-electron chi connectivity index (χ3n) is 6.57. The van der Waals surface area contributed by atoms with Crippen LogP contribution in [-0.4, -0.2) is 66.8 Å². The summed E-state index contributed by atoms with van der Waals surface area (Å²) in [4.78, 5) is 9.01. The van der Waals surface area contributed by atoms with Crippen LogP contribution in [0.2, 0.25) is 5.28 Å².